The number of anilines is 1. The van der Waals surface area contributed by atoms with E-state index in [0.717, 1.165) is 13.1 Å². The van der Waals surface area contributed by atoms with Crippen LogP contribution in [0.1, 0.15) is 24.8 Å². The van der Waals surface area contributed by atoms with Crippen LogP contribution >= 0.6 is 0 Å². The van der Waals surface area contributed by atoms with Gasteiger partial charge in [-0.1, -0.05) is 24.3 Å². The number of allylic oxidation sites excluding steroid dienone is 1. The standard InChI is InChI=1S/C17H24N2/c1-15-6-5-9-17(14-15)19-12-10-18(11-13-19)16-7-3-2-4-8-16/h3,5-7,9,14,16H,2,4,8,10-13H2,1H3. The van der Waals surface area contributed by atoms with Crippen molar-refractivity contribution in [3.05, 3.63) is 42.0 Å². The first kappa shape index (κ1) is 12.7. The van der Waals surface area contributed by atoms with Gasteiger partial charge in [0, 0.05) is 37.9 Å². The van der Waals surface area contributed by atoms with E-state index in [0.29, 0.717) is 6.04 Å². The zero-order valence-corrected chi connectivity index (χ0v) is 11.9. The molecule has 2 aliphatic rings. The first-order valence-electron chi connectivity index (χ1n) is 7.55. The summed E-state index contributed by atoms with van der Waals surface area (Å²) in [5, 5.41) is 0. The van der Waals surface area contributed by atoms with Crippen LogP contribution in [0.2, 0.25) is 0 Å². The average Bonchev–Trinajstić information content (AvgIpc) is 2.48. The molecule has 1 aliphatic carbocycles. The van der Waals surface area contributed by atoms with E-state index >= 15 is 0 Å². The van der Waals surface area contributed by atoms with Crippen LogP contribution in [0.25, 0.3) is 0 Å². The van der Waals surface area contributed by atoms with Gasteiger partial charge in [0.1, 0.15) is 0 Å². The molecule has 0 radical (unpaired) electrons. The van der Waals surface area contributed by atoms with Gasteiger partial charge < -0.3 is 4.90 Å². The molecular weight excluding hydrogens is 232 g/mol. The Hall–Kier alpha value is -1.28. The Morgan fingerprint density at radius 2 is 1.95 bits per heavy atom. The van der Waals surface area contributed by atoms with Crippen LogP contribution in [-0.2, 0) is 0 Å². The minimum Gasteiger partial charge on any atom is -0.369 e. The van der Waals surface area contributed by atoms with Gasteiger partial charge in [-0.05, 0) is 43.9 Å². The summed E-state index contributed by atoms with van der Waals surface area (Å²) in [5.74, 6) is 0. The summed E-state index contributed by atoms with van der Waals surface area (Å²) < 4.78 is 0. The van der Waals surface area contributed by atoms with E-state index in [4.69, 9.17) is 0 Å². The van der Waals surface area contributed by atoms with Crippen LogP contribution < -0.4 is 4.90 Å². The fourth-order valence-corrected chi connectivity index (χ4v) is 3.24. The van der Waals surface area contributed by atoms with Gasteiger partial charge in [-0.15, -0.1) is 0 Å². The quantitative estimate of drug-likeness (QED) is 0.750. The smallest absolute Gasteiger partial charge is 0.0369 e. The molecule has 1 fully saturated rings. The van der Waals surface area contributed by atoms with Crippen LogP contribution in [0.4, 0.5) is 5.69 Å². The lowest BCUT2D eigenvalue weighted by molar-refractivity contribution is 0.202. The van der Waals surface area contributed by atoms with Crippen molar-refractivity contribution in [1.82, 2.24) is 4.90 Å². The van der Waals surface area contributed by atoms with Gasteiger partial charge in [0.05, 0.1) is 0 Å². The molecule has 19 heavy (non-hydrogen) atoms. The Labute approximate surface area is 116 Å². The summed E-state index contributed by atoms with van der Waals surface area (Å²) in [6, 6.07) is 9.58. The second-order valence-electron chi connectivity index (χ2n) is 5.79. The van der Waals surface area contributed by atoms with Crippen molar-refractivity contribution in [1.29, 1.82) is 0 Å². The molecule has 1 saturated heterocycles. The highest BCUT2D eigenvalue weighted by Gasteiger charge is 2.23. The summed E-state index contributed by atoms with van der Waals surface area (Å²) in [6.45, 7) is 6.89. The number of hydrogen-bond acceptors (Lipinski definition) is 2. The van der Waals surface area contributed by atoms with E-state index in [2.05, 4.69) is 53.1 Å². The molecule has 1 aliphatic heterocycles. The Morgan fingerprint density at radius 1 is 1.11 bits per heavy atom. The zero-order valence-electron chi connectivity index (χ0n) is 11.9. The number of piperazine rings is 1. The lowest BCUT2D eigenvalue weighted by atomic mass is 10.0. The van der Waals surface area contributed by atoms with Crippen LogP contribution in [0.15, 0.2) is 36.4 Å². The highest BCUT2D eigenvalue weighted by molar-refractivity contribution is 5.48. The molecule has 3 rings (SSSR count). The molecule has 1 heterocycles. The molecular formula is C17H24N2. The van der Waals surface area contributed by atoms with E-state index in [1.165, 1.54) is 43.6 Å². The summed E-state index contributed by atoms with van der Waals surface area (Å²) in [7, 11) is 0. The van der Waals surface area contributed by atoms with E-state index in [1.54, 1.807) is 0 Å². The molecule has 0 bridgehead atoms. The molecule has 1 atom stereocenters. The van der Waals surface area contributed by atoms with E-state index in [9.17, 15) is 0 Å². The number of rotatable bonds is 2. The highest BCUT2D eigenvalue weighted by atomic mass is 15.3. The maximum atomic E-state index is 2.65. The monoisotopic (exact) mass is 256 g/mol. The van der Waals surface area contributed by atoms with Crippen molar-refractivity contribution in [3.8, 4) is 0 Å². The van der Waals surface area contributed by atoms with Gasteiger partial charge in [0.15, 0.2) is 0 Å². The van der Waals surface area contributed by atoms with Crippen LogP contribution in [0.5, 0.6) is 0 Å². The second kappa shape index (κ2) is 5.79. The largest absolute Gasteiger partial charge is 0.369 e. The predicted molar refractivity (Wildman–Crippen MR) is 81.7 cm³/mol. The Kier molecular flexibility index (Phi) is 3.88. The molecule has 0 aromatic heterocycles. The first-order valence-corrected chi connectivity index (χ1v) is 7.55. The SMILES string of the molecule is Cc1cccc(N2CCN(C3C=CCCC3)CC2)c1. The van der Waals surface area contributed by atoms with Gasteiger partial charge in [-0.3, -0.25) is 4.90 Å². The Balaban J connectivity index is 1.60. The molecule has 0 amide bonds. The number of aryl methyl sites for hydroxylation is 1. The predicted octanol–water partition coefficient (Wildman–Crippen LogP) is 3.23. The van der Waals surface area contributed by atoms with Crippen LogP contribution in [0, 0.1) is 6.92 Å². The second-order valence-corrected chi connectivity index (χ2v) is 5.79. The molecule has 1 unspecified atom stereocenters. The number of nitrogens with zero attached hydrogens (tertiary/aromatic N) is 2. The third-order valence-electron chi connectivity index (χ3n) is 4.38. The maximum absolute atomic E-state index is 2.65. The van der Waals surface area contributed by atoms with E-state index < -0.39 is 0 Å². The minimum atomic E-state index is 0.702. The van der Waals surface area contributed by atoms with Crippen molar-refractivity contribution in [3.63, 3.8) is 0 Å². The van der Waals surface area contributed by atoms with Crippen LogP contribution in [0.3, 0.4) is 0 Å². The lowest BCUT2D eigenvalue weighted by Crippen LogP contribution is -2.50. The normalized spacial score (nSPS) is 24.7. The van der Waals surface area contributed by atoms with Gasteiger partial charge in [0.2, 0.25) is 0 Å². The van der Waals surface area contributed by atoms with E-state index in [1.807, 2.05) is 0 Å². The van der Waals surface area contributed by atoms with Crippen molar-refractivity contribution < 1.29 is 0 Å². The lowest BCUT2D eigenvalue weighted by Gasteiger charge is -2.40. The van der Waals surface area contributed by atoms with Crippen molar-refractivity contribution in [2.75, 3.05) is 31.1 Å². The maximum Gasteiger partial charge on any atom is 0.0369 e. The summed E-state index contributed by atoms with van der Waals surface area (Å²) in [5.41, 5.74) is 2.74. The van der Waals surface area contributed by atoms with Crippen molar-refractivity contribution in [2.24, 2.45) is 0 Å². The van der Waals surface area contributed by atoms with Gasteiger partial charge in [0.25, 0.3) is 0 Å². The minimum absolute atomic E-state index is 0.702. The Morgan fingerprint density at radius 3 is 2.63 bits per heavy atom. The van der Waals surface area contributed by atoms with Crippen LogP contribution in [-0.4, -0.2) is 37.1 Å². The fourth-order valence-electron chi connectivity index (χ4n) is 3.24. The average molecular weight is 256 g/mol. The van der Waals surface area contributed by atoms with Crippen molar-refractivity contribution >= 4 is 5.69 Å². The zero-order chi connectivity index (χ0) is 13.1. The van der Waals surface area contributed by atoms with Crippen molar-refractivity contribution in [2.45, 2.75) is 32.2 Å². The first-order chi connectivity index (χ1) is 9.33. The number of hydrogen-bond donors (Lipinski definition) is 0. The summed E-state index contributed by atoms with van der Waals surface area (Å²) in [6.07, 6.45) is 8.77. The highest BCUT2D eigenvalue weighted by Crippen LogP contribution is 2.21. The Bertz CT molecular complexity index is 444. The summed E-state index contributed by atoms with van der Waals surface area (Å²) >= 11 is 0. The fraction of sp³-hybridized carbons (Fsp3) is 0.529. The van der Waals surface area contributed by atoms with Gasteiger partial charge >= 0.3 is 0 Å². The third kappa shape index (κ3) is 3.01. The van der Waals surface area contributed by atoms with Gasteiger partial charge in [-0.25, -0.2) is 0 Å². The molecule has 102 valence electrons. The van der Waals surface area contributed by atoms with E-state index in [-0.39, 0.29) is 0 Å². The molecule has 1 aromatic carbocycles. The number of benzene rings is 1. The molecule has 0 N–H and O–H groups in total. The third-order valence-corrected chi connectivity index (χ3v) is 4.38. The molecule has 2 nitrogen and oxygen atoms in total. The molecule has 2 heteroatoms. The summed E-state index contributed by atoms with van der Waals surface area (Å²) in [4.78, 5) is 5.18. The molecule has 1 aromatic rings. The molecule has 0 spiro atoms. The van der Waals surface area contributed by atoms with Gasteiger partial charge in [-0.2, -0.15) is 0 Å². The topological polar surface area (TPSA) is 6.48 Å². The molecule has 0 saturated carbocycles.